The second-order valence-electron chi connectivity index (χ2n) is 7.33. The van der Waals surface area contributed by atoms with Crippen LogP contribution < -0.4 is 4.74 Å². The molecule has 2 aliphatic heterocycles. The molecule has 0 saturated carbocycles. The number of amides is 3. The summed E-state index contributed by atoms with van der Waals surface area (Å²) in [5.41, 5.74) is 0.667. The van der Waals surface area contributed by atoms with Gasteiger partial charge in [-0.25, -0.2) is 4.39 Å². The number of carbonyl (C=O) groups excluding carboxylic acids is 3. The van der Waals surface area contributed by atoms with Crippen molar-refractivity contribution in [2.24, 2.45) is 5.92 Å². The van der Waals surface area contributed by atoms with Gasteiger partial charge in [0.05, 0.1) is 17.7 Å². The Morgan fingerprint density at radius 1 is 1.03 bits per heavy atom. The van der Waals surface area contributed by atoms with Crippen molar-refractivity contribution in [2.75, 3.05) is 26.2 Å². The molecule has 29 heavy (non-hydrogen) atoms. The summed E-state index contributed by atoms with van der Waals surface area (Å²) in [6, 6.07) is 12.8. The Balaban J connectivity index is 1.35. The lowest BCUT2D eigenvalue weighted by molar-refractivity contribution is -0.133. The minimum absolute atomic E-state index is 0.0643. The number of likely N-dealkylation sites (tertiary alicyclic amines) is 1. The van der Waals surface area contributed by atoms with Crippen LogP contribution in [0.5, 0.6) is 5.75 Å². The SMILES string of the molecule is O=C(CN1C(=O)c2ccccc2C1=O)N1CCCC(COc2ccccc2F)C1. The Morgan fingerprint density at radius 2 is 1.69 bits per heavy atom. The first kappa shape index (κ1) is 19.1. The largest absolute Gasteiger partial charge is 0.490 e. The van der Waals surface area contributed by atoms with Gasteiger partial charge in [0.15, 0.2) is 11.6 Å². The van der Waals surface area contributed by atoms with E-state index >= 15 is 0 Å². The first-order valence-corrected chi connectivity index (χ1v) is 9.65. The molecule has 0 radical (unpaired) electrons. The molecule has 1 saturated heterocycles. The van der Waals surface area contributed by atoms with Crippen molar-refractivity contribution in [3.05, 3.63) is 65.5 Å². The third kappa shape index (κ3) is 3.85. The molecule has 3 amide bonds. The maximum Gasteiger partial charge on any atom is 0.262 e. The molecule has 0 N–H and O–H groups in total. The molecule has 4 rings (SSSR count). The predicted molar refractivity (Wildman–Crippen MR) is 103 cm³/mol. The number of benzene rings is 2. The van der Waals surface area contributed by atoms with E-state index in [1.807, 2.05) is 0 Å². The zero-order valence-corrected chi connectivity index (χ0v) is 15.8. The highest BCUT2D eigenvalue weighted by Gasteiger charge is 2.37. The van der Waals surface area contributed by atoms with Crippen molar-refractivity contribution in [1.29, 1.82) is 0 Å². The van der Waals surface area contributed by atoms with Crippen LogP contribution in [-0.2, 0) is 4.79 Å². The number of fused-ring (bicyclic) bond motifs is 1. The molecule has 150 valence electrons. The van der Waals surface area contributed by atoms with Crippen LogP contribution in [0.25, 0.3) is 0 Å². The lowest BCUT2D eigenvalue weighted by atomic mass is 9.99. The van der Waals surface area contributed by atoms with E-state index in [-0.39, 0.29) is 24.1 Å². The summed E-state index contributed by atoms with van der Waals surface area (Å²) in [5, 5.41) is 0. The van der Waals surface area contributed by atoms with E-state index in [9.17, 15) is 18.8 Å². The van der Waals surface area contributed by atoms with Crippen LogP contribution in [0.1, 0.15) is 33.6 Å². The van der Waals surface area contributed by atoms with Crippen molar-refractivity contribution in [3.63, 3.8) is 0 Å². The highest BCUT2D eigenvalue weighted by Crippen LogP contribution is 2.24. The van der Waals surface area contributed by atoms with Gasteiger partial charge in [0.2, 0.25) is 5.91 Å². The van der Waals surface area contributed by atoms with Crippen LogP contribution in [-0.4, -0.2) is 53.8 Å². The molecule has 7 heteroatoms. The molecule has 0 aliphatic carbocycles. The Kier molecular flexibility index (Phi) is 5.29. The fourth-order valence-corrected chi connectivity index (χ4v) is 3.82. The molecular weight excluding hydrogens is 375 g/mol. The molecule has 2 aliphatic rings. The van der Waals surface area contributed by atoms with Crippen molar-refractivity contribution in [2.45, 2.75) is 12.8 Å². The zero-order valence-electron chi connectivity index (χ0n) is 15.8. The molecule has 1 atom stereocenters. The highest BCUT2D eigenvalue weighted by molar-refractivity contribution is 6.22. The van der Waals surface area contributed by atoms with E-state index in [4.69, 9.17) is 4.74 Å². The van der Waals surface area contributed by atoms with Gasteiger partial charge in [-0.2, -0.15) is 0 Å². The first-order valence-electron chi connectivity index (χ1n) is 9.65. The summed E-state index contributed by atoms with van der Waals surface area (Å²) in [4.78, 5) is 40.3. The minimum atomic E-state index is -0.435. The van der Waals surface area contributed by atoms with Gasteiger partial charge < -0.3 is 9.64 Å². The van der Waals surface area contributed by atoms with Gasteiger partial charge >= 0.3 is 0 Å². The molecule has 0 aromatic heterocycles. The topological polar surface area (TPSA) is 66.9 Å². The fraction of sp³-hybridized carbons (Fsp3) is 0.318. The van der Waals surface area contributed by atoms with Gasteiger partial charge in [-0.3, -0.25) is 19.3 Å². The van der Waals surface area contributed by atoms with E-state index in [1.165, 1.54) is 6.07 Å². The second kappa shape index (κ2) is 8.03. The lowest BCUT2D eigenvalue weighted by Gasteiger charge is -2.33. The number of carbonyl (C=O) groups is 3. The highest BCUT2D eigenvalue weighted by atomic mass is 19.1. The lowest BCUT2D eigenvalue weighted by Crippen LogP contribution is -2.47. The Bertz CT molecular complexity index is 926. The predicted octanol–water partition coefficient (Wildman–Crippen LogP) is 2.74. The average Bonchev–Trinajstić information content (AvgIpc) is 2.98. The van der Waals surface area contributed by atoms with Crippen molar-refractivity contribution < 1.29 is 23.5 Å². The van der Waals surface area contributed by atoms with Crippen molar-refractivity contribution >= 4 is 17.7 Å². The van der Waals surface area contributed by atoms with Crippen molar-refractivity contribution in [1.82, 2.24) is 9.80 Å². The number of halogens is 1. The average molecular weight is 396 g/mol. The summed E-state index contributed by atoms with van der Waals surface area (Å²) in [6.07, 6.45) is 1.66. The van der Waals surface area contributed by atoms with E-state index in [1.54, 1.807) is 47.4 Å². The second-order valence-corrected chi connectivity index (χ2v) is 7.33. The van der Waals surface area contributed by atoms with Crippen LogP contribution in [0.2, 0.25) is 0 Å². The molecule has 2 aromatic rings. The fourth-order valence-electron chi connectivity index (χ4n) is 3.82. The summed E-state index contributed by atoms with van der Waals surface area (Å²) in [6.45, 7) is 1.06. The van der Waals surface area contributed by atoms with E-state index in [2.05, 4.69) is 0 Å². The molecule has 2 aromatic carbocycles. The summed E-state index contributed by atoms with van der Waals surface area (Å²) >= 11 is 0. The molecule has 0 bridgehead atoms. The number of nitrogens with zero attached hydrogens (tertiary/aromatic N) is 2. The maximum absolute atomic E-state index is 13.7. The zero-order chi connectivity index (χ0) is 20.4. The van der Waals surface area contributed by atoms with Gasteiger partial charge in [0, 0.05) is 19.0 Å². The third-order valence-electron chi connectivity index (χ3n) is 5.35. The van der Waals surface area contributed by atoms with Gasteiger partial charge in [0.1, 0.15) is 6.54 Å². The van der Waals surface area contributed by atoms with E-state index in [0.717, 1.165) is 17.7 Å². The van der Waals surface area contributed by atoms with Crippen LogP contribution >= 0.6 is 0 Å². The molecule has 6 nitrogen and oxygen atoms in total. The number of hydrogen-bond acceptors (Lipinski definition) is 4. The quantitative estimate of drug-likeness (QED) is 0.729. The number of ether oxygens (including phenoxy) is 1. The summed E-state index contributed by atoms with van der Waals surface area (Å²) < 4.78 is 19.3. The van der Waals surface area contributed by atoms with Gasteiger partial charge in [-0.05, 0) is 37.1 Å². The Labute approximate surface area is 167 Å². The van der Waals surface area contributed by atoms with Gasteiger partial charge in [-0.15, -0.1) is 0 Å². The van der Waals surface area contributed by atoms with Gasteiger partial charge in [-0.1, -0.05) is 24.3 Å². The number of rotatable bonds is 5. The molecule has 1 unspecified atom stereocenters. The van der Waals surface area contributed by atoms with Crippen LogP contribution in [0, 0.1) is 11.7 Å². The number of para-hydroxylation sites is 1. The van der Waals surface area contributed by atoms with E-state index < -0.39 is 17.6 Å². The molecular formula is C22H21FN2O4. The van der Waals surface area contributed by atoms with Crippen LogP contribution in [0.3, 0.4) is 0 Å². The first-order chi connectivity index (χ1) is 14.0. The van der Waals surface area contributed by atoms with E-state index in [0.29, 0.717) is 30.8 Å². The number of imide groups is 1. The van der Waals surface area contributed by atoms with Crippen LogP contribution in [0.15, 0.2) is 48.5 Å². The monoisotopic (exact) mass is 396 g/mol. The maximum atomic E-state index is 13.7. The third-order valence-corrected chi connectivity index (χ3v) is 5.35. The standard InChI is InChI=1S/C22H21FN2O4/c23-18-9-3-4-10-19(18)29-14-15-6-5-11-24(12-15)20(26)13-25-21(27)16-7-1-2-8-17(16)22(25)28/h1-4,7-10,15H,5-6,11-14H2. The van der Waals surface area contributed by atoms with Crippen LogP contribution in [0.4, 0.5) is 4.39 Å². The number of piperidine rings is 1. The Hall–Kier alpha value is -3.22. The Morgan fingerprint density at radius 3 is 2.38 bits per heavy atom. The normalized spacial score (nSPS) is 18.7. The molecule has 0 spiro atoms. The minimum Gasteiger partial charge on any atom is -0.490 e. The molecule has 2 heterocycles. The summed E-state index contributed by atoms with van der Waals surface area (Å²) in [7, 11) is 0. The van der Waals surface area contributed by atoms with Crippen molar-refractivity contribution in [3.8, 4) is 5.75 Å². The smallest absolute Gasteiger partial charge is 0.262 e. The summed E-state index contributed by atoms with van der Waals surface area (Å²) in [5.74, 6) is -1.29. The van der Waals surface area contributed by atoms with Gasteiger partial charge in [0.25, 0.3) is 11.8 Å². The molecule has 1 fully saturated rings. The number of hydrogen-bond donors (Lipinski definition) is 0.